The summed E-state index contributed by atoms with van der Waals surface area (Å²) in [5.74, 6) is -0.400. The quantitative estimate of drug-likeness (QED) is 0.406. The number of thiazole rings is 1. The van der Waals surface area contributed by atoms with Crippen molar-refractivity contribution >= 4 is 45.5 Å². The van der Waals surface area contributed by atoms with E-state index in [1.54, 1.807) is 17.5 Å². The van der Waals surface area contributed by atoms with Gasteiger partial charge in [0.15, 0.2) is 5.13 Å². The minimum atomic E-state index is -0.780. The molecule has 5 heterocycles. The summed E-state index contributed by atoms with van der Waals surface area (Å²) in [7, 11) is 0. The van der Waals surface area contributed by atoms with Crippen LogP contribution in [0.2, 0.25) is 0 Å². The molecular formula is C26H33N7O3S2. The van der Waals surface area contributed by atoms with Gasteiger partial charge in [0.05, 0.1) is 29.4 Å². The van der Waals surface area contributed by atoms with Crippen molar-refractivity contribution in [2.24, 2.45) is 0 Å². The number of carbonyl (C=O) groups excluding carboxylic acids is 1. The SMILES string of the molecule is C[C@@H]1CN(c2cnc(C(=O)Nc3nc(-c4cccs4)c(CN4CCC[C@H]4C)s3)cn2)CCN1CCC(=O)O. The van der Waals surface area contributed by atoms with Gasteiger partial charge in [0.2, 0.25) is 0 Å². The Kier molecular flexibility index (Phi) is 8.32. The van der Waals surface area contributed by atoms with Crippen LogP contribution in [-0.4, -0.2) is 86.5 Å². The van der Waals surface area contributed by atoms with Gasteiger partial charge in [-0.2, -0.15) is 0 Å². The van der Waals surface area contributed by atoms with Crippen LogP contribution in [0.1, 0.15) is 48.5 Å². The number of likely N-dealkylation sites (tertiary alicyclic amines) is 1. The maximum atomic E-state index is 13.0. The number of carboxylic acid groups (broad SMARTS) is 1. The first kappa shape index (κ1) is 26.7. The minimum absolute atomic E-state index is 0.140. The highest BCUT2D eigenvalue weighted by Gasteiger charge is 2.26. The van der Waals surface area contributed by atoms with E-state index in [2.05, 4.69) is 49.9 Å². The molecule has 0 bridgehead atoms. The van der Waals surface area contributed by atoms with Crippen molar-refractivity contribution in [3.8, 4) is 10.6 Å². The van der Waals surface area contributed by atoms with E-state index in [4.69, 9.17) is 10.1 Å². The number of carbonyl (C=O) groups is 2. The lowest BCUT2D eigenvalue weighted by atomic mass is 10.2. The second-order valence-electron chi connectivity index (χ2n) is 9.92. The lowest BCUT2D eigenvalue weighted by Gasteiger charge is -2.40. The van der Waals surface area contributed by atoms with Crippen molar-refractivity contribution in [3.05, 3.63) is 40.5 Å². The van der Waals surface area contributed by atoms with Gasteiger partial charge in [0.25, 0.3) is 5.91 Å². The molecule has 0 saturated carbocycles. The van der Waals surface area contributed by atoms with Crippen LogP contribution in [0, 0.1) is 0 Å². The second-order valence-corrected chi connectivity index (χ2v) is 11.9. The normalized spacial score (nSPS) is 20.6. The van der Waals surface area contributed by atoms with Crippen molar-refractivity contribution in [3.63, 3.8) is 0 Å². The number of hydrogen-bond acceptors (Lipinski definition) is 10. The molecule has 2 saturated heterocycles. The summed E-state index contributed by atoms with van der Waals surface area (Å²) in [6, 6.07) is 4.84. The molecule has 2 aliphatic heterocycles. The summed E-state index contributed by atoms with van der Waals surface area (Å²) in [5.41, 5.74) is 1.18. The summed E-state index contributed by atoms with van der Waals surface area (Å²) in [4.78, 5) is 46.6. The molecule has 2 atom stereocenters. The fourth-order valence-electron chi connectivity index (χ4n) is 5.07. The number of piperazine rings is 1. The number of thiophene rings is 1. The Morgan fingerprint density at radius 1 is 1.13 bits per heavy atom. The van der Waals surface area contributed by atoms with Gasteiger partial charge in [-0.05, 0) is 44.7 Å². The molecule has 10 nitrogen and oxygen atoms in total. The van der Waals surface area contributed by atoms with E-state index >= 15 is 0 Å². The van der Waals surface area contributed by atoms with Gasteiger partial charge in [-0.25, -0.2) is 15.0 Å². The first-order chi connectivity index (χ1) is 18.4. The van der Waals surface area contributed by atoms with Gasteiger partial charge in [-0.15, -0.1) is 11.3 Å². The molecule has 0 unspecified atom stereocenters. The maximum absolute atomic E-state index is 13.0. The zero-order chi connectivity index (χ0) is 26.6. The monoisotopic (exact) mass is 555 g/mol. The van der Waals surface area contributed by atoms with Crippen LogP contribution >= 0.6 is 22.7 Å². The average molecular weight is 556 g/mol. The lowest BCUT2D eigenvalue weighted by Crippen LogP contribution is -2.52. The van der Waals surface area contributed by atoms with Crippen molar-refractivity contribution in [2.45, 2.75) is 51.7 Å². The van der Waals surface area contributed by atoms with Gasteiger partial charge < -0.3 is 10.0 Å². The number of hydrogen-bond donors (Lipinski definition) is 2. The number of aromatic nitrogens is 3. The maximum Gasteiger partial charge on any atom is 0.304 e. The third-order valence-electron chi connectivity index (χ3n) is 7.28. The summed E-state index contributed by atoms with van der Waals surface area (Å²) in [5, 5.41) is 14.5. The summed E-state index contributed by atoms with van der Waals surface area (Å²) in [6.07, 6.45) is 5.71. The van der Waals surface area contributed by atoms with Gasteiger partial charge in [0, 0.05) is 49.7 Å². The van der Waals surface area contributed by atoms with Gasteiger partial charge in [-0.1, -0.05) is 17.4 Å². The molecule has 0 radical (unpaired) electrons. The molecule has 202 valence electrons. The first-order valence-corrected chi connectivity index (χ1v) is 14.7. The van der Waals surface area contributed by atoms with Crippen molar-refractivity contribution < 1.29 is 14.7 Å². The van der Waals surface area contributed by atoms with Crippen molar-refractivity contribution in [1.82, 2.24) is 24.8 Å². The van der Waals surface area contributed by atoms with Gasteiger partial charge >= 0.3 is 5.97 Å². The molecule has 0 spiro atoms. The standard InChI is InChI=1S/C26H33N7O3S2/c1-17-5-3-8-32(17)16-21-24(20-6-4-12-37-20)29-26(38-21)30-25(36)19-13-28-22(14-27-19)33-11-10-31(18(2)15-33)9-7-23(34)35/h4,6,12-14,17-18H,3,5,7-11,15-16H2,1-2H3,(H,34,35)(H,29,30,36)/t17-,18-/m1/s1. The molecule has 2 fully saturated rings. The smallest absolute Gasteiger partial charge is 0.304 e. The summed E-state index contributed by atoms with van der Waals surface area (Å²) >= 11 is 3.18. The molecule has 5 rings (SSSR count). The average Bonchev–Trinajstić information content (AvgIpc) is 3.66. The summed E-state index contributed by atoms with van der Waals surface area (Å²) in [6.45, 7) is 9.02. The highest BCUT2D eigenvalue weighted by Crippen LogP contribution is 2.36. The predicted molar refractivity (Wildman–Crippen MR) is 150 cm³/mol. The Bertz CT molecular complexity index is 1250. The van der Waals surface area contributed by atoms with Crippen LogP contribution in [-0.2, 0) is 11.3 Å². The topological polar surface area (TPSA) is 115 Å². The van der Waals surface area contributed by atoms with Crippen LogP contribution < -0.4 is 10.2 Å². The first-order valence-electron chi connectivity index (χ1n) is 13.0. The zero-order valence-electron chi connectivity index (χ0n) is 21.7. The highest BCUT2D eigenvalue weighted by molar-refractivity contribution is 7.17. The third kappa shape index (κ3) is 6.20. The molecule has 12 heteroatoms. The number of amides is 1. The van der Waals surface area contributed by atoms with E-state index in [-0.39, 0.29) is 24.1 Å². The number of nitrogens with one attached hydrogen (secondary N) is 1. The molecule has 3 aromatic heterocycles. The fraction of sp³-hybridized carbons (Fsp3) is 0.500. The molecule has 0 aromatic carbocycles. The Labute approximate surface area is 230 Å². The van der Waals surface area contributed by atoms with Crippen molar-refractivity contribution in [1.29, 1.82) is 0 Å². The molecule has 0 aliphatic carbocycles. The van der Waals surface area contributed by atoms with Crippen LogP contribution in [0.5, 0.6) is 0 Å². The van der Waals surface area contributed by atoms with Crippen LogP contribution in [0.15, 0.2) is 29.9 Å². The number of anilines is 2. The molecule has 3 aromatic rings. The van der Waals surface area contributed by atoms with Gasteiger partial charge in [0.1, 0.15) is 11.5 Å². The van der Waals surface area contributed by atoms with Crippen LogP contribution in [0.4, 0.5) is 10.9 Å². The number of carboxylic acids is 1. The number of aliphatic carboxylic acids is 1. The molecule has 2 N–H and O–H groups in total. The molecule has 2 aliphatic rings. The Hall–Kier alpha value is -2.93. The zero-order valence-corrected chi connectivity index (χ0v) is 23.3. The van der Waals surface area contributed by atoms with E-state index in [0.29, 0.717) is 23.5 Å². The van der Waals surface area contributed by atoms with Crippen LogP contribution in [0.25, 0.3) is 10.6 Å². The Balaban J connectivity index is 1.23. The van der Waals surface area contributed by atoms with Crippen LogP contribution in [0.3, 0.4) is 0 Å². The molecule has 1 amide bonds. The third-order valence-corrected chi connectivity index (χ3v) is 9.11. The predicted octanol–water partition coefficient (Wildman–Crippen LogP) is 3.88. The van der Waals surface area contributed by atoms with E-state index in [9.17, 15) is 9.59 Å². The van der Waals surface area contributed by atoms with Crippen molar-refractivity contribution in [2.75, 3.05) is 42.9 Å². The molecule has 38 heavy (non-hydrogen) atoms. The Morgan fingerprint density at radius 2 is 2.00 bits per heavy atom. The Morgan fingerprint density at radius 3 is 2.66 bits per heavy atom. The minimum Gasteiger partial charge on any atom is -0.481 e. The largest absolute Gasteiger partial charge is 0.481 e. The molecular weight excluding hydrogens is 522 g/mol. The second kappa shape index (κ2) is 11.9. The highest BCUT2D eigenvalue weighted by atomic mass is 32.1. The van der Waals surface area contributed by atoms with E-state index in [1.807, 2.05) is 11.4 Å². The lowest BCUT2D eigenvalue weighted by molar-refractivity contribution is -0.137. The van der Waals surface area contributed by atoms with E-state index in [1.165, 1.54) is 30.4 Å². The van der Waals surface area contributed by atoms with E-state index < -0.39 is 5.97 Å². The van der Waals surface area contributed by atoms with E-state index in [0.717, 1.165) is 48.2 Å². The summed E-state index contributed by atoms with van der Waals surface area (Å²) < 4.78 is 0. The number of rotatable bonds is 9. The fourth-order valence-corrected chi connectivity index (χ4v) is 6.87. The number of nitrogens with zero attached hydrogens (tertiary/aromatic N) is 6. The van der Waals surface area contributed by atoms with Gasteiger partial charge in [-0.3, -0.25) is 24.7 Å².